The van der Waals surface area contributed by atoms with E-state index in [4.69, 9.17) is 5.21 Å². The van der Waals surface area contributed by atoms with Crippen molar-refractivity contribution in [3.8, 4) is 0 Å². The van der Waals surface area contributed by atoms with Crippen molar-refractivity contribution in [1.29, 1.82) is 0 Å². The van der Waals surface area contributed by atoms with Crippen molar-refractivity contribution in [2.45, 2.75) is 12.5 Å². The van der Waals surface area contributed by atoms with Gasteiger partial charge in [0.05, 0.1) is 5.69 Å². The standard InChI is InChI=1S/C11H16N3O2/c15-14(16)11-3-1-9(2-4-11)7-10-8-12-5-6-13-10/h1-4,10,12-13,15H,5-8H2/q-1/t10-/m0/s1. The van der Waals surface area contributed by atoms with Gasteiger partial charge in [-0.2, -0.15) is 0 Å². The molecule has 1 atom stereocenters. The summed E-state index contributed by atoms with van der Waals surface area (Å²) in [6.45, 7) is 2.98. The van der Waals surface area contributed by atoms with Crippen molar-refractivity contribution in [2.24, 2.45) is 0 Å². The summed E-state index contributed by atoms with van der Waals surface area (Å²) >= 11 is 0. The third kappa shape index (κ3) is 2.93. The summed E-state index contributed by atoms with van der Waals surface area (Å²) in [6, 6.07) is 7.42. The Balaban J connectivity index is 1.93. The molecule has 0 unspecified atom stereocenters. The number of benzene rings is 1. The fourth-order valence-corrected chi connectivity index (χ4v) is 1.90. The highest BCUT2D eigenvalue weighted by molar-refractivity contribution is 5.45. The Morgan fingerprint density at radius 3 is 2.62 bits per heavy atom. The van der Waals surface area contributed by atoms with Crippen LogP contribution in [0.25, 0.3) is 0 Å². The van der Waals surface area contributed by atoms with Gasteiger partial charge in [0.2, 0.25) is 0 Å². The van der Waals surface area contributed by atoms with Gasteiger partial charge >= 0.3 is 0 Å². The lowest BCUT2D eigenvalue weighted by molar-refractivity contribution is 0.296. The molecule has 0 spiro atoms. The lowest BCUT2D eigenvalue weighted by Crippen LogP contribution is -2.49. The summed E-state index contributed by atoms with van der Waals surface area (Å²) in [5.41, 5.74) is 1.42. The molecule has 1 saturated heterocycles. The lowest BCUT2D eigenvalue weighted by atomic mass is 10.0. The molecular weight excluding hydrogens is 206 g/mol. The zero-order chi connectivity index (χ0) is 11.4. The quantitative estimate of drug-likeness (QED) is 0.649. The minimum atomic E-state index is -0.121. The second kappa shape index (κ2) is 5.27. The maximum Gasteiger partial charge on any atom is 0.0508 e. The average molecular weight is 222 g/mol. The third-order valence-electron chi connectivity index (χ3n) is 2.76. The minimum Gasteiger partial charge on any atom is -0.733 e. The van der Waals surface area contributed by atoms with Crippen LogP contribution in [-0.2, 0) is 6.42 Å². The Hall–Kier alpha value is -1.14. The topological polar surface area (TPSA) is 70.6 Å². The van der Waals surface area contributed by atoms with E-state index in [1.807, 2.05) is 12.1 Å². The van der Waals surface area contributed by atoms with Crippen LogP contribution in [0, 0.1) is 5.21 Å². The van der Waals surface area contributed by atoms with Gasteiger partial charge < -0.3 is 21.1 Å². The second-order valence-corrected chi connectivity index (χ2v) is 4.00. The summed E-state index contributed by atoms with van der Waals surface area (Å²) in [5.74, 6) is 0. The van der Waals surface area contributed by atoms with E-state index in [0.29, 0.717) is 6.04 Å². The predicted octanol–water partition coefficient (Wildman–Crippen LogP) is 0.484. The zero-order valence-electron chi connectivity index (χ0n) is 9.02. The second-order valence-electron chi connectivity index (χ2n) is 4.00. The van der Waals surface area contributed by atoms with E-state index >= 15 is 0 Å². The first-order valence-corrected chi connectivity index (χ1v) is 5.45. The number of anilines is 1. The Bertz CT molecular complexity index is 321. The van der Waals surface area contributed by atoms with Gasteiger partial charge in [-0.15, -0.1) is 0 Å². The molecule has 5 nitrogen and oxygen atoms in total. The van der Waals surface area contributed by atoms with Crippen molar-refractivity contribution in [3.63, 3.8) is 0 Å². The molecule has 0 aromatic heterocycles. The summed E-state index contributed by atoms with van der Waals surface area (Å²) in [5, 5.41) is 25.9. The maximum absolute atomic E-state index is 10.6. The highest BCUT2D eigenvalue weighted by Gasteiger charge is 2.12. The summed E-state index contributed by atoms with van der Waals surface area (Å²) in [7, 11) is 0. The van der Waals surface area contributed by atoms with Crippen LogP contribution in [0.2, 0.25) is 0 Å². The molecule has 1 aliphatic heterocycles. The highest BCUT2D eigenvalue weighted by atomic mass is 16.8. The van der Waals surface area contributed by atoms with Gasteiger partial charge in [0.25, 0.3) is 0 Å². The number of nitrogens with zero attached hydrogens (tertiary/aromatic N) is 1. The fraction of sp³-hybridized carbons (Fsp3) is 0.455. The fourth-order valence-electron chi connectivity index (χ4n) is 1.90. The summed E-state index contributed by atoms with van der Waals surface area (Å²) in [6.07, 6.45) is 0.928. The lowest BCUT2D eigenvalue weighted by Gasteiger charge is -2.25. The van der Waals surface area contributed by atoms with Crippen molar-refractivity contribution in [3.05, 3.63) is 35.0 Å². The van der Waals surface area contributed by atoms with E-state index in [9.17, 15) is 5.21 Å². The Morgan fingerprint density at radius 2 is 2.06 bits per heavy atom. The molecule has 1 heterocycles. The van der Waals surface area contributed by atoms with E-state index in [1.165, 1.54) is 0 Å². The van der Waals surface area contributed by atoms with Crippen LogP contribution in [-0.4, -0.2) is 30.9 Å². The number of nitrogens with one attached hydrogen (secondary N) is 2. The van der Waals surface area contributed by atoms with Gasteiger partial charge in [-0.05, 0) is 24.1 Å². The van der Waals surface area contributed by atoms with E-state index in [-0.39, 0.29) is 10.9 Å². The van der Waals surface area contributed by atoms with Crippen LogP contribution in [0.1, 0.15) is 5.56 Å². The largest absolute Gasteiger partial charge is 0.733 e. The smallest absolute Gasteiger partial charge is 0.0508 e. The zero-order valence-corrected chi connectivity index (χ0v) is 9.02. The van der Waals surface area contributed by atoms with E-state index in [0.717, 1.165) is 31.6 Å². The van der Waals surface area contributed by atoms with E-state index in [2.05, 4.69) is 10.6 Å². The van der Waals surface area contributed by atoms with Crippen molar-refractivity contribution in [2.75, 3.05) is 24.9 Å². The molecule has 1 fully saturated rings. The first kappa shape index (κ1) is 11.3. The number of rotatable bonds is 3. The van der Waals surface area contributed by atoms with Crippen molar-refractivity contribution >= 4 is 5.69 Å². The summed E-state index contributed by atoms with van der Waals surface area (Å²) in [4.78, 5) is 0. The van der Waals surface area contributed by atoms with Crippen LogP contribution in [0.15, 0.2) is 24.3 Å². The molecule has 5 heteroatoms. The van der Waals surface area contributed by atoms with E-state index < -0.39 is 0 Å². The Kier molecular flexibility index (Phi) is 3.74. The van der Waals surface area contributed by atoms with Crippen LogP contribution in [0.5, 0.6) is 0 Å². The first-order chi connectivity index (χ1) is 7.75. The molecule has 2 rings (SSSR count). The van der Waals surface area contributed by atoms with Gasteiger partial charge in [-0.1, -0.05) is 12.1 Å². The number of piperazine rings is 1. The van der Waals surface area contributed by atoms with E-state index in [1.54, 1.807) is 12.1 Å². The number of hydrogen-bond acceptors (Lipinski definition) is 5. The Morgan fingerprint density at radius 1 is 1.31 bits per heavy atom. The first-order valence-electron chi connectivity index (χ1n) is 5.45. The molecule has 0 aliphatic carbocycles. The van der Waals surface area contributed by atoms with Crippen LogP contribution >= 0.6 is 0 Å². The molecule has 0 amide bonds. The SMILES string of the molecule is [O-]N(O)c1ccc(C[C@H]2CNCCN2)cc1. The third-order valence-corrected chi connectivity index (χ3v) is 2.76. The normalized spacial score (nSPS) is 20.8. The molecule has 1 aromatic rings. The molecule has 0 radical (unpaired) electrons. The monoisotopic (exact) mass is 222 g/mol. The van der Waals surface area contributed by atoms with Crippen molar-refractivity contribution < 1.29 is 5.21 Å². The van der Waals surface area contributed by atoms with Crippen LogP contribution in [0.3, 0.4) is 0 Å². The molecular formula is C11H16N3O2-. The van der Waals surface area contributed by atoms with Gasteiger partial charge in [-0.3, -0.25) is 5.21 Å². The van der Waals surface area contributed by atoms with Gasteiger partial charge in [0.1, 0.15) is 0 Å². The molecule has 16 heavy (non-hydrogen) atoms. The van der Waals surface area contributed by atoms with Crippen LogP contribution in [0.4, 0.5) is 5.69 Å². The summed E-state index contributed by atoms with van der Waals surface area (Å²) < 4.78 is 0. The predicted molar refractivity (Wildman–Crippen MR) is 62.4 cm³/mol. The van der Waals surface area contributed by atoms with Gasteiger partial charge in [0.15, 0.2) is 0 Å². The van der Waals surface area contributed by atoms with Crippen LogP contribution < -0.4 is 15.9 Å². The molecule has 0 bridgehead atoms. The maximum atomic E-state index is 10.6. The molecule has 1 aromatic carbocycles. The number of hydrogen-bond donors (Lipinski definition) is 3. The molecule has 1 aliphatic rings. The Labute approximate surface area is 94.6 Å². The highest BCUT2D eigenvalue weighted by Crippen LogP contribution is 2.13. The van der Waals surface area contributed by atoms with Crippen molar-refractivity contribution in [1.82, 2.24) is 10.6 Å². The minimum absolute atomic E-state index is 0.121. The molecule has 88 valence electrons. The van der Waals surface area contributed by atoms with Gasteiger partial charge in [0, 0.05) is 25.7 Å². The molecule has 0 saturated carbocycles. The molecule has 3 N–H and O–H groups in total. The van der Waals surface area contributed by atoms with Gasteiger partial charge in [-0.25, -0.2) is 0 Å². The average Bonchev–Trinajstić information content (AvgIpc) is 2.31.